The summed E-state index contributed by atoms with van der Waals surface area (Å²) >= 11 is 0. The third-order valence-corrected chi connectivity index (χ3v) is 5.40. The van der Waals surface area contributed by atoms with Gasteiger partial charge in [-0.2, -0.15) is 0 Å². The van der Waals surface area contributed by atoms with Crippen LogP contribution in [-0.4, -0.2) is 38.4 Å². The zero-order valence-electron chi connectivity index (χ0n) is 15.1. The number of hydrogen-bond donors (Lipinski definition) is 2. The van der Waals surface area contributed by atoms with E-state index in [9.17, 15) is 0 Å². The Morgan fingerprint density at radius 3 is 2.71 bits per heavy atom. The molecule has 1 aromatic rings. The van der Waals surface area contributed by atoms with Crippen LogP contribution < -0.4 is 10.6 Å². The number of morpholine rings is 1. The highest BCUT2D eigenvalue weighted by atomic mass is 35.5. The Hall–Kier alpha value is -0.610. The lowest BCUT2D eigenvalue weighted by Gasteiger charge is -2.35. The van der Waals surface area contributed by atoms with Crippen LogP contribution in [0, 0.1) is 11.3 Å². The summed E-state index contributed by atoms with van der Waals surface area (Å²) in [5.41, 5.74) is 1.72. The Kier molecular flexibility index (Phi) is 7.55. The number of rotatable bonds is 6. The molecule has 24 heavy (non-hydrogen) atoms. The monoisotopic (exact) mass is 352 g/mol. The van der Waals surface area contributed by atoms with Crippen LogP contribution in [0.15, 0.2) is 30.3 Å². The molecule has 2 N–H and O–H groups in total. The van der Waals surface area contributed by atoms with Crippen molar-refractivity contribution >= 4 is 12.4 Å². The molecule has 1 saturated heterocycles. The zero-order chi connectivity index (χ0) is 16.1. The highest BCUT2D eigenvalue weighted by Gasteiger charge is 2.35. The molecule has 136 valence electrons. The number of hydrogen-bond acceptors (Lipinski definition) is 3. The van der Waals surface area contributed by atoms with Crippen molar-refractivity contribution in [3.63, 3.8) is 0 Å². The molecular weight excluding hydrogens is 320 g/mol. The molecule has 3 rings (SSSR count). The minimum absolute atomic E-state index is 0. The first-order valence-corrected chi connectivity index (χ1v) is 9.22. The minimum Gasteiger partial charge on any atom is -0.379 e. The second-order valence-electron chi connectivity index (χ2n) is 8.04. The molecule has 1 aliphatic carbocycles. The van der Waals surface area contributed by atoms with Gasteiger partial charge in [-0.3, -0.25) is 0 Å². The van der Waals surface area contributed by atoms with Crippen molar-refractivity contribution in [2.45, 2.75) is 51.6 Å². The highest BCUT2D eigenvalue weighted by Crippen LogP contribution is 2.30. The van der Waals surface area contributed by atoms with E-state index < -0.39 is 0 Å². The van der Waals surface area contributed by atoms with Crippen molar-refractivity contribution in [1.29, 1.82) is 0 Å². The maximum absolute atomic E-state index is 5.68. The van der Waals surface area contributed by atoms with Crippen molar-refractivity contribution in [2.24, 2.45) is 11.3 Å². The van der Waals surface area contributed by atoms with Gasteiger partial charge in [0, 0.05) is 25.2 Å². The van der Waals surface area contributed by atoms with Crippen molar-refractivity contribution in [1.82, 2.24) is 10.6 Å². The van der Waals surface area contributed by atoms with E-state index in [-0.39, 0.29) is 17.8 Å². The van der Waals surface area contributed by atoms with E-state index in [0.29, 0.717) is 12.1 Å². The lowest BCUT2D eigenvalue weighted by Crippen LogP contribution is -2.51. The van der Waals surface area contributed by atoms with Gasteiger partial charge in [-0.05, 0) is 36.2 Å². The van der Waals surface area contributed by atoms with Gasteiger partial charge in [0.15, 0.2) is 0 Å². The molecule has 1 heterocycles. The van der Waals surface area contributed by atoms with Crippen molar-refractivity contribution in [3.05, 3.63) is 35.9 Å². The van der Waals surface area contributed by atoms with Crippen molar-refractivity contribution in [3.8, 4) is 0 Å². The summed E-state index contributed by atoms with van der Waals surface area (Å²) in [6.45, 7) is 8.59. The van der Waals surface area contributed by atoms with Crippen LogP contribution in [0.25, 0.3) is 0 Å². The summed E-state index contributed by atoms with van der Waals surface area (Å²) in [5.74, 6) is 0.725. The molecule has 4 heteroatoms. The Bertz CT molecular complexity index is 474. The summed E-state index contributed by atoms with van der Waals surface area (Å²) in [6.07, 6.45) is 5.12. The predicted molar refractivity (Wildman–Crippen MR) is 103 cm³/mol. The van der Waals surface area contributed by atoms with Crippen molar-refractivity contribution < 1.29 is 4.74 Å². The molecule has 3 nitrogen and oxygen atoms in total. The third-order valence-electron chi connectivity index (χ3n) is 5.40. The molecule has 0 bridgehead atoms. The maximum Gasteiger partial charge on any atom is 0.0623 e. The second-order valence-corrected chi connectivity index (χ2v) is 8.04. The molecule has 2 aliphatic rings. The van der Waals surface area contributed by atoms with Gasteiger partial charge in [-0.25, -0.2) is 0 Å². The molecule has 3 unspecified atom stereocenters. The van der Waals surface area contributed by atoms with Gasteiger partial charge >= 0.3 is 0 Å². The first-order valence-electron chi connectivity index (χ1n) is 9.22. The molecule has 0 aromatic heterocycles. The number of halogens is 1. The van der Waals surface area contributed by atoms with E-state index in [4.69, 9.17) is 4.74 Å². The summed E-state index contributed by atoms with van der Waals surface area (Å²) in [6, 6.07) is 12.0. The quantitative estimate of drug-likeness (QED) is 0.823. The molecule has 0 radical (unpaired) electrons. The number of nitrogens with one attached hydrogen (secondary N) is 2. The Morgan fingerprint density at radius 2 is 2.00 bits per heavy atom. The number of benzene rings is 1. The fourth-order valence-corrected chi connectivity index (χ4v) is 4.20. The van der Waals surface area contributed by atoms with Gasteiger partial charge in [-0.15, -0.1) is 12.4 Å². The average molecular weight is 353 g/mol. The smallest absolute Gasteiger partial charge is 0.0623 e. The van der Waals surface area contributed by atoms with Gasteiger partial charge in [-0.1, -0.05) is 50.6 Å². The summed E-state index contributed by atoms with van der Waals surface area (Å²) in [5, 5.41) is 7.56. The largest absolute Gasteiger partial charge is 0.379 e. The molecule has 0 spiro atoms. The Balaban J connectivity index is 0.00000208. The van der Waals surface area contributed by atoms with E-state index in [1.54, 1.807) is 0 Å². The molecule has 1 saturated carbocycles. The van der Waals surface area contributed by atoms with E-state index in [0.717, 1.165) is 38.6 Å². The second kappa shape index (κ2) is 9.19. The molecule has 0 amide bonds. The summed E-state index contributed by atoms with van der Waals surface area (Å²) < 4.78 is 5.68. The topological polar surface area (TPSA) is 33.3 Å². The Labute approximate surface area is 153 Å². The first kappa shape index (κ1) is 19.7. The van der Waals surface area contributed by atoms with Crippen LogP contribution in [0.4, 0.5) is 0 Å². The van der Waals surface area contributed by atoms with Crippen molar-refractivity contribution in [2.75, 3.05) is 26.3 Å². The van der Waals surface area contributed by atoms with E-state index in [2.05, 4.69) is 54.8 Å². The lowest BCUT2D eigenvalue weighted by atomic mass is 9.85. The van der Waals surface area contributed by atoms with Crippen LogP contribution in [0.3, 0.4) is 0 Å². The first-order chi connectivity index (χ1) is 11.1. The maximum atomic E-state index is 5.68. The van der Waals surface area contributed by atoms with E-state index >= 15 is 0 Å². The van der Waals surface area contributed by atoms with Crippen LogP contribution in [0.2, 0.25) is 0 Å². The SMILES string of the molecule is CC(C)(CNC1CCCC1C1COCCN1)Cc1ccccc1.Cl. The van der Waals surface area contributed by atoms with Gasteiger partial charge in [0.25, 0.3) is 0 Å². The molecule has 1 aliphatic heterocycles. The van der Waals surface area contributed by atoms with E-state index in [1.165, 1.54) is 24.8 Å². The van der Waals surface area contributed by atoms with E-state index in [1.807, 2.05) is 0 Å². The molecular formula is C20H33ClN2O. The van der Waals surface area contributed by atoms with Crippen LogP contribution in [-0.2, 0) is 11.2 Å². The average Bonchev–Trinajstić information content (AvgIpc) is 3.03. The van der Waals surface area contributed by atoms with Crippen LogP contribution in [0.1, 0.15) is 38.7 Å². The fourth-order valence-electron chi connectivity index (χ4n) is 4.20. The fraction of sp³-hybridized carbons (Fsp3) is 0.700. The summed E-state index contributed by atoms with van der Waals surface area (Å²) in [7, 11) is 0. The molecule has 3 atom stereocenters. The van der Waals surface area contributed by atoms with Gasteiger partial charge in [0.05, 0.1) is 13.2 Å². The lowest BCUT2D eigenvalue weighted by molar-refractivity contribution is 0.0518. The minimum atomic E-state index is 0. The van der Waals surface area contributed by atoms with Gasteiger partial charge < -0.3 is 15.4 Å². The van der Waals surface area contributed by atoms with Crippen LogP contribution >= 0.6 is 12.4 Å². The zero-order valence-corrected chi connectivity index (χ0v) is 15.9. The van der Waals surface area contributed by atoms with Gasteiger partial charge in [0.2, 0.25) is 0 Å². The molecule has 1 aromatic carbocycles. The summed E-state index contributed by atoms with van der Waals surface area (Å²) in [4.78, 5) is 0. The van der Waals surface area contributed by atoms with Gasteiger partial charge in [0.1, 0.15) is 0 Å². The highest BCUT2D eigenvalue weighted by molar-refractivity contribution is 5.85. The predicted octanol–water partition coefficient (Wildman–Crippen LogP) is 3.42. The third kappa shape index (κ3) is 5.45. The normalized spacial score (nSPS) is 27.7. The molecule has 2 fully saturated rings. The standard InChI is InChI=1S/C20H32N2O.ClH/c1-20(2,13-16-7-4-3-5-8-16)15-22-18-10-6-9-17(18)19-14-23-12-11-21-19;/h3-5,7-8,17-19,21-22H,6,9-15H2,1-2H3;1H. The Morgan fingerprint density at radius 1 is 1.21 bits per heavy atom. The van der Waals surface area contributed by atoms with Crippen LogP contribution in [0.5, 0.6) is 0 Å². The number of ether oxygens (including phenoxy) is 1.